The standard InChI is InChI=1S/C8H9F4NO/c1-2-7(14)13-4-5(9)3-6(13)8(10,11)12/h2,5-6H,1,3-4H2/t5-,6+/m0/s1. The number of hydrogen-bond donors (Lipinski definition) is 0. The van der Waals surface area contributed by atoms with Crippen LogP contribution in [0.4, 0.5) is 17.6 Å². The Balaban J connectivity index is 2.83. The third-order valence-corrected chi connectivity index (χ3v) is 2.09. The summed E-state index contributed by atoms with van der Waals surface area (Å²) >= 11 is 0. The zero-order valence-electron chi connectivity index (χ0n) is 7.22. The second kappa shape index (κ2) is 3.59. The summed E-state index contributed by atoms with van der Waals surface area (Å²) in [6.45, 7) is 2.56. The van der Waals surface area contributed by atoms with E-state index < -0.39 is 37.3 Å². The van der Waals surface area contributed by atoms with Crippen molar-refractivity contribution in [1.82, 2.24) is 4.90 Å². The summed E-state index contributed by atoms with van der Waals surface area (Å²) in [6.07, 6.45) is -6.09. The molecule has 80 valence electrons. The minimum Gasteiger partial charge on any atom is -0.324 e. The number of alkyl halides is 4. The molecule has 0 radical (unpaired) electrons. The molecule has 0 saturated carbocycles. The number of amides is 1. The molecule has 1 fully saturated rings. The van der Waals surface area contributed by atoms with E-state index in [-0.39, 0.29) is 0 Å². The number of carbonyl (C=O) groups excluding carboxylic acids is 1. The fourth-order valence-electron chi connectivity index (χ4n) is 1.46. The lowest BCUT2D eigenvalue weighted by atomic mass is 10.2. The van der Waals surface area contributed by atoms with Gasteiger partial charge >= 0.3 is 6.18 Å². The average Bonchev–Trinajstić information content (AvgIpc) is 2.45. The summed E-state index contributed by atoms with van der Waals surface area (Å²) in [6, 6.07) is -2.01. The van der Waals surface area contributed by atoms with E-state index in [1.54, 1.807) is 0 Å². The zero-order chi connectivity index (χ0) is 10.9. The second-order valence-corrected chi connectivity index (χ2v) is 3.09. The molecule has 0 unspecified atom stereocenters. The molecule has 0 aromatic rings. The predicted octanol–water partition coefficient (Wildman–Crippen LogP) is 1.67. The van der Waals surface area contributed by atoms with Gasteiger partial charge in [0.05, 0.1) is 6.54 Å². The number of carbonyl (C=O) groups is 1. The quantitative estimate of drug-likeness (QED) is 0.477. The van der Waals surface area contributed by atoms with Crippen LogP contribution in [0.25, 0.3) is 0 Å². The van der Waals surface area contributed by atoms with Crippen molar-refractivity contribution in [3.8, 4) is 0 Å². The molecule has 2 nitrogen and oxygen atoms in total. The van der Waals surface area contributed by atoms with Crippen molar-refractivity contribution >= 4 is 5.91 Å². The number of nitrogens with zero attached hydrogens (tertiary/aromatic N) is 1. The minimum atomic E-state index is -4.57. The minimum absolute atomic E-state index is 0.470. The first-order chi connectivity index (χ1) is 6.36. The van der Waals surface area contributed by atoms with Gasteiger partial charge in [-0.3, -0.25) is 4.79 Å². The summed E-state index contributed by atoms with van der Waals surface area (Å²) in [5.74, 6) is -0.882. The topological polar surface area (TPSA) is 20.3 Å². The number of rotatable bonds is 1. The Labute approximate surface area is 78.2 Å². The Hall–Kier alpha value is -1.07. The van der Waals surface area contributed by atoms with Gasteiger partial charge in [-0.05, 0) is 6.08 Å². The molecule has 2 atom stereocenters. The smallest absolute Gasteiger partial charge is 0.324 e. The highest BCUT2D eigenvalue weighted by molar-refractivity contribution is 5.87. The first kappa shape index (κ1) is 11.0. The van der Waals surface area contributed by atoms with Crippen LogP contribution >= 0.6 is 0 Å². The van der Waals surface area contributed by atoms with Gasteiger partial charge in [0.25, 0.3) is 0 Å². The Morgan fingerprint density at radius 2 is 2.07 bits per heavy atom. The highest BCUT2D eigenvalue weighted by Gasteiger charge is 2.50. The van der Waals surface area contributed by atoms with Crippen molar-refractivity contribution in [3.63, 3.8) is 0 Å². The van der Waals surface area contributed by atoms with Crippen LogP contribution in [0.15, 0.2) is 12.7 Å². The second-order valence-electron chi connectivity index (χ2n) is 3.09. The van der Waals surface area contributed by atoms with Gasteiger partial charge in [0.1, 0.15) is 12.2 Å². The Morgan fingerprint density at radius 3 is 2.50 bits per heavy atom. The molecular formula is C8H9F4NO. The Morgan fingerprint density at radius 1 is 1.50 bits per heavy atom. The number of hydrogen-bond acceptors (Lipinski definition) is 1. The van der Waals surface area contributed by atoms with Crippen molar-refractivity contribution in [2.45, 2.75) is 24.8 Å². The first-order valence-electron chi connectivity index (χ1n) is 4.00. The van der Waals surface area contributed by atoms with Gasteiger partial charge in [-0.2, -0.15) is 13.2 Å². The average molecular weight is 211 g/mol. The highest BCUT2D eigenvalue weighted by Crippen LogP contribution is 2.33. The summed E-state index contributed by atoms with van der Waals surface area (Å²) in [7, 11) is 0. The van der Waals surface area contributed by atoms with Crippen LogP contribution in [0.1, 0.15) is 6.42 Å². The molecule has 1 aliphatic rings. The van der Waals surface area contributed by atoms with Crippen molar-refractivity contribution in [2.75, 3.05) is 6.54 Å². The molecule has 1 heterocycles. The SMILES string of the molecule is C=CC(=O)N1C[C@@H](F)C[C@@H]1C(F)(F)F. The molecule has 0 bridgehead atoms. The van der Waals surface area contributed by atoms with E-state index in [0.717, 1.165) is 6.08 Å². The Bertz CT molecular complexity index is 250. The summed E-state index contributed by atoms with van der Waals surface area (Å²) in [4.78, 5) is 11.4. The number of halogens is 4. The van der Waals surface area contributed by atoms with Gasteiger partial charge in [-0.1, -0.05) is 6.58 Å². The molecule has 1 aliphatic heterocycles. The summed E-state index contributed by atoms with van der Waals surface area (Å²) in [5, 5.41) is 0. The van der Waals surface area contributed by atoms with Gasteiger partial charge in [0.2, 0.25) is 5.91 Å². The van der Waals surface area contributed by atoms with Crippen molar-refractivity contribution in [3.05, 3.63) is 12.7 Å². The van der Waals surface area contributed by atoms with Gasteiger partial charge in [-0.25, -0.2) is 4.39 Å². The predicted molar refractivity (Wildman–Crippen MR) is 41.3 cm³/mol. The zero-order valence-corrected chi connectivity index (χ0v) is 7.22. The highest BCUT2D eigenvalue weighted by atomic mass is 19.4. The van der Waals surface area contributed by atoms with Crippen molar-refractivity contribution < 1.29 is 22.4 Å². The van der Waals surface area contributed by atoms with Gasteiger partial charge in [0, 0.05) is 6.42 Å². The van der Waals surface area contributed by atoms with E-state index in [9.17, 15) is 22.4 Å². The largest absolute Gasteiger partial charge is 0.408 e. The van der Waals surface area contributed by atoms with E-state index in [1.807, 2.05) is 0 Å². The van der Waals surface area contributed by atoms with Gasteiger partial charge < -0.3 is 4.90 Å². The van der Waals surface area contributed by atoms with Crippen LogP contribution in [0, 0.1) is 0 Å². The van der Waals surface area contributed by atoms with Crippen LogP contribution in [0.3, 0.4) is 0 Å². The molecule has 1 amide bonds. The molecule has 6 heteroatoms. The molecule has 0 aliphatic carbocycles. The van der Waals surface area contributed by atoms with Gasteiger partial charge in [0.15, 0.2) is 0 Å². The maximum atomic E-state index is 12.7. The number of likely N-dealkylation sites (tertiary alicyclic amines) is 1. The van der Waals surface area contributed by atoms with E-state index in [0.29, 0.717) is 4.90 Å². The van der Waals surface area contributed by atoms with Crippen molar-refractivity contribution in [1.29, 1.82) is 0 Å². The normalized spacial score (nSPS) is 27.9. The van der Waals surface area contributed by atoms with Crippen LogP contribution in [0.5, 0.6) is 0 Å². The maximum Gasteiger partial charge on any atom is 0.408 e. The lowest BCUT2D eigenvalue weighted by Crippen LogP contribution is -2.43. The van der Waals surface area contributed by atoms with Crippen LogP contribution in [-0.2, 0) is 4.79 Å². The van der Waals surface area contributed by atoms with Crippen LogP contribution in [-0.4, -0.2) is 35.7 Å². The lowest BCUT2D eigenvalue weighted by Gasteiger charge is -2.24. The molecule has 0 spiro atoms. The fourth-order valence-corrected chi connectivity index (χ4v) is 1.46. The molecule has 0 aromatic heterocycles. The third-order valence-electron chi connectivity index (χ3n) is 2.09. The van der Waals surface area contributed by atoms with E-state index in [2.05, 4.69) is 6.58 Å². The lowest BCUT2D eigenvalue weighted by molar-refractivity contribution is -0.180. The molecule has 0 N–H and O–H groups in total. The fraction of sp³-hybridized carbons (Fsp3) is 0.625. The van der Waals surface area contributed by atoms with Gasteiger partial charge in [-0.15, -0.1) is 0 Å². The van der Waals surface area contributed by atoms with E-state index >= 15 is 0 Å². The van der Waals surface area contributed by atoms with E-state index in [1.165, 1.54) is 0 Å². The monoisotopic (exact) mass is 211 g/mol. The maximum absolute atomic E-state index is 12.7. The molecule has 0 aromatic carbocycles. The molecule has 14 heavy (non-hydrogen) atoms. The van der Waals surface area contributed by atoms with E-state index in [4.69, 9.17) is 0 Å². The third kappa shape index (κ3) is 2.05. The summed E-state index contributed by atoms with van der Waals surface area (Å²) < 4.78 is 49.6. The molecule has 1 rings (SSSR count). The first-order valence-corrected chi connectivity index (χ1v) is 4.00. The van der Waals surface area contributed by atoms with Crippen molar-refractivity contribution in [2.24, 2.45) is 0 Å². The molecular weight excluding hydrogens is 202 g/mol. The Kier molecular flexibility index (Phi) is 2.82. The summed E-state index contributed by atoms with van der Waals surface area (Å²) in [5.41, 5.74) is 0. The van der Waals surface area contributed by atoms with Crippen LogP contribution in [0.2, 0.25) is 0 Å². The molecule has 1 saturated heterocycles. The van der Waals surface area contributed by atoms with Crippen LogP contribution < -0.4 is 0 Å².